The van der Waals surface area contributed by atoms with E-state index in [-0.39, 0.29) is 0 Å². The molecule has 1 aliphatic heterocycles. The summed E-state index contributed by atoms with van der Waals surface area (Å²) in [5, 5.41) is 0. The zero-order valence-electron chi connectivity index (χ0n) is 16.5. The SMILES string of the molecule is ClCC/C=C/c1ccc(OCc2ccc(OCCN3CCCCC3)cc2)cc1. The number of nitrogens with zero attached hydrogens (tertiary/aromatic N) is 1. The third-order valence-corrected chi connectivity index (χ3v) is 5.14. The number of ether oxygens (including phenoxy) is 2. The first-order valence-corrected chi connectivity index (χ1v) is 10.8. The fraction of sp³-hybridized carbons (Fsp3) is 0.417. The van der Waals surface area contributed by atoms with Gasteiger partial charge in [-0.05, 0) is 67.7 Å². The lowest BCUT2D eigenvalue weighted by Gasteiger charge is -2.26. The summed E-state index contributed by atoms with van der Waals surface area (Å²) in [4.78, 5) is 2.49. The van der Waals surface area contributed by atoms with Gasteiger partial charge in [-0.2, -0.15) is 0 Å². The highest BCUT2D eigenvalue weighted by Gasteiger charge is 2.09. The first-order valence-electron chi connectivity index (χ1n) is 10.2. The Balaban J connectivity index is 1.39. The lowest BCUT2D eigenvalue weighted by molar-refractivity contribution is 0.183. The van der Waals surface area contributed by atoms with Crippen LogP contribution in [0.15, 0.2) is 54.6 Å². The molecule has 0 bridgehead atoms. The molecule has 28 heavy (non-hydrogen) atoms. The molecule has 1 heterocycles. The molecule has 0 saturated carbocycles. The predicted octanol–water partition coefficient (Wildman–Crippen LogP) is 5.77. The van der Waals surface area contributed by atoms with Gasteiger partial charge in [0.15, 0.2) is 0 Å². The van der Waals surface area contributed by atoms with Crippen LogP contribution in [0.2, 0.25) is 0 Å². The van der Waals surface area contributed by atoms with E-state index in [0.29, 0.717) is 12.5 Å². The van der Waals surface area contributed by atoms with E-state index in [2.05, 4.69) is 41.3 Å². The molecule has 0 radical (unpaired) electrons. The Labute approximate surface area is 173 Å². The highest BCUT2D eigenvalue weighted by atomic mass is 35.5. The maximum atomic E-state index is 5.88. The average Bonchev–Trinajstić information content (AvgIpc) is 2.75. The van der Waals surface area contributed by atoms with Crippen LogP contribution in [0.5, 0.6) is 11.5 Å². The van der Waals surface area contributed by atoms with E-state index in [9.17, 15) is 0 Å². The first kappa shape index (κ1) is 20.8. The van der Waals surface area contributed by atoms with E-state index in [1.807, 2.05) is 24.3 Å². The van der Waals surface area contributed by atoms with Crippen molar-refractivity contribution in [2.24, 2.45) is 0 Å². The van der Waals surface area contributed by atoms with Crippen LogP contribution in [0.1, 0.15) is 36.8 Å². The van der Waals surface area contributed by atoms with Gasteiger partial charge in [0.2, 0.25) is 0 Å². The van der Waals surface area contributed by atoms with Crippen LogP contribution in [0.3, 0.4) is 0 Å². The van der Waals surface area contributed by atoms with Crippen molar-refractivity contribution in [3.8, 4) is 11.5 Å². The summed E-state index contributed by atoms with van der Waals surface area (Å²) in [5.41, 5.74) is 2.29. The average molecular weight is 400 g/mol. The number of hydrogen-bond acceptors (Lipinski definition) is 3. The Hall–Kier alpha value is -1.97. The number of rotatable bonds is 10. The Kier molecular flexibility index (Phi) is 8.73. The molecule has 1 aliphatic rings. The smallest absolute Gasteiger partial charge is 0.119 e. The number of benzene rings is 2. The van der Waals surface area contributed by atoms with E-state index in [0.717, 1.165) is 42.2 Å². The van der Waals surface area contributed by atoms with Crippen molar-refractivity contribution in [3.05, 3.63) is 65.7 Å². The zero-order chi connectivity index (χ0) is 19.4. The monoisotopic (exact) mass is 399 g/mol. The van der Waals surface area contributed by atoms with Crippen molar-refractivity contribution >= 4 is 17.7 Å². The van der Waals surface area contributed by atoms with Gasteiger partial charge >= 0.3 is 0 Å². The normalized spacial score (nSPS) is 15.0. The third kappa shape index (κ3) is 7.21. The molecule has 3 nitrogen and oxygen atoms in total. The molecule has 2 aromatic rings. The van der Waals surface area contributed by atoms with Crippen molar-refractivity contribution in [2.75, 3.05) is 32.1 Å². The predicted molar refractivity (Wildman–Crippen MR) is 117 cm³/mol. The molecule has 0 aliphatic carbocycles. The number of likely N-dealkylation sites (tertiary alicyclic amines) is 1. The fourth-order valence-electron chi connectivity index (χ4n) is 3.28. The topological polar surface area (TPSA) is 21.7 Å². The van der Waals surface area contributed by atoms with Crippen molar-refractivity contribution in [1.82, 2.24) is 4.90 Å². The van der Waals surface area contributed by atoms with E-state index >= 15 is 0 Å². The molecule has 0 unspecified atom stereocenters. The highest BCUT2D eigenvalue weighted by Crippen LogP contribution is 2.17. The summed E-state index contributed by atoms with van der Waals surface area (Å²) < 4.78 is 11.8. The Morgan fingerprint density at radius 1 is 0.857 bits per heavy atom. The Morgan fingerprint density at radius 2 is 1.54 bits per heavy atom. The molecule has 2 aromatic carbocycles. The zero-order valence-corrected chi connectivity index (χ0v) is 17.2. The number of piperidine rings is 1. The van der Waals surface area contributed by atoms with Gasteiger partial charge in [-0.3, -0.25) is 4.90 Å². The summed E-state index contributed by atoms with van der Waals surface area (Å²) in [7, 11) is 0. The van der Waals surface area contributed by atoms with Gasteiger partial charge in [0.1, 0.15) is 24.7 Å². The molecule has 150 valence electrons. The van der Waals surface area contributed by atoms with E-state index < -0.39 is 0 Å². The van der Waals surface area contributed by atoms with Crippen molar-refractivity contribution in [2.45, 2.75) is 32.3 Å². The van der Waals surface area contributed by atoms with Gasteiger partial charge in [0, 0.05) is 12.4 Å². The minimum absolute atomic E-state index is 0.551. The second-order valence-corrected chi connectivity index (χ2v) is 7.51. The summed E-state index contributed by atoms with van der Waals surface area (Å²) in [6.45, 7) is 4.74. The van der Waals surface area contributed by atoms with Crippen LogP contribution in [-0.4, -0.2) is 37.0 Å². The lowest BCUT2D eigenvalue weighted by atomic mass is 10.1. The van der Waals surface area contributed by atoms with Gasteiger partial charge < -0.3 is 9.47 Å². The number of hydrogen-bond donors (Lipinski definition) is 0. The number of alkyl halides is 1. The largest absolute Gasteiger partial charge is 0.492 e. The number of halogens is 1. The highest BCUT2D eigenvalue weighted by molar-refractivity contribution is 6.17. The van der Waals surface area contributed by atoms with Crippen LogP contribution >= 0.6 is 11.6 Å². The molecular formula is C24H30ClNO2. The summed E-state index contributed by atoms with van der Waals surface area (Å²) in [6.07, 6.45) is 9.06. The molecule has 0 aromatic heterocycles. The number of allylic oxidation sites excluding steroid dienone is 1. The maximum Gasteiger partial charge on any atom is 0.119 e. The van der Waals surface area contributed by atoms with Crippen LogP contribution in [0.25, 0.3) is 6.08 Å². The lowest BCUT2D eigenvalue weighted by Crippen LogP contribution is -2.33. The second kappa shape index (κ2) is 11.8. The van der Waals surface area contributed by atoms with Crippen LogP contribution < -0.4 is 9.47 Å². The van der Waals surface area contributed by atoms with Gasteiger partial charge in [-0.1, -0.05) is 42.8 Å². The van der Waals surface area contributed by atoms with E-state index in [1.54, 1.807) is 0 Å². The van der Waals surface area contributed by atoms with Crippen molar-refractivity contribution in [3.63, 3.8) is 0 Å². The van der Waals surface area contributed by atoms with Crippen molar-refractivity contribution < 1.29 is 9.47 Å². The second-order valence-electron chi connectivity index (χ2n) is 7.13. The minimum atomic E-state index is 0.551. The Bertz CT molecular complexity index is 706. The summed E-state index contributed by atoms with van der Waals surface area (Å²) in [5.74, 6) is 2.45. The summed E-state index contributed by atoms with van der Waals surface area (Å²) in [6, 6.07) is 16.3. The van der Waals surface area contributed by atoms with Gasteiger partial charge in [-0.15, -0.1) is 11.6 Å². The van der Waals surface area contributed by atoms with Gasteiger partial charge in [-0.25, -0.2) is 0 Å². The first-order chi connectivity index (χ1) is 13.8. The van der Waals surface area contributed by atoms with Crippen molar-refractivity contribution in [1.29, 1.82) is 0 Å². The summed E-state index contributed by atoms with van der Waals surface area (Å²) >= 11 is 5.68. The maximum absolute atomic E-state index is 5.88. The Morgan fingerprint density at radius 3 is 2.25 bits per heavy atom. The van der Waals surface area contributed by atoms with Gasteiger partial charge in [0.05, 0.1) is 0 Å². The third-order valence-electron chi connectivity index (χ3n) is 4.92. The minimum Gasteiger partial charge on any atom is -0.492 e. The molecule has 0 amide bonds. The van der Waals surface area contributed by atoms with E-state index in [1.165, 1.54) is 32.4 Å². The van der Waals surface area contributed by atoms with Crippen LogP contribution in [0, 0.1) is 0 Å². The molecule has 0 spiro atoms. The quantitative estimate of drug-likeness (QED) is 0.473. The molecule has 0 atom stereocenters. The molecule has 0 N–H and O–H groups in total. The molecule has 4 heteroatoms. The fourth-order valence-corrected chi connectivity index (χ4v) is 3.41. The van der Waals surface area contributed by atoms with Gasteiger partial charge in [0.25, 0.3) is 0 Å². The van der Waals surface area contributed by atoms with Crippen LogP contribution in [0.4, 0.5) is 0 Å². The van der Waals surface area contributed by atoms with Crippen LogP contribution in [-0.2, 0) is 6.61 Å². The standard InChI is InChI=1S/C24H30ClNO2/c25-15-3-2-6-21-7-11-24(12-8-21)28-20-22-9-13-23(14-10-22)27-19-18-26-16-4-1-5-17-26/h2,6-14H,1,3-5,15-20H2/b6-2+. The molecule has 1 saturated heterocycles. The molecule has 1 fully saturated rings. The van der Waals surface area contributed by atoms with E-state index in [4.69, 9.17) is 21.1 Å². The molecule has 3 rings (SSSR count). The molecular weight excluding hydrogens is 370 g/mol.